The molecule has 3 heterocycles. The van der Waals surface area contributed by atoms with Crippen LogP contribution in [0.5, 0.6) is 0 Å². The minimum absolute atomic E-state index is 0.679. The Morgan fingerprint density at radius 1 is 1.05 bits per heavy atom. The third kappa shape index (κ3) is 2.46. The molecule has 3 fully saturated rings. The molecule has 3 rings (SSSR count). The number of piperidine rings is 1. The molecule has 0 aromatic rings. The summed E-state index contributed by atoms with van der Waals surface area (Å²) in [6.45, 7) is 6.66. The molecule has 1 amide bonds. The van der Waals surface area contributed by atoms with Gasteiger partial charge in [-0.15, -0.1) is 0 Å². The number of carboxylic acid groups (broad SMARTS) is 1. The Morgan fingerprint density at radius 3 is 2.11 bits per heavy atom. The number of amides is 1. The third-order valence-corrected chi connectivity index (χ3v) is 5.33. The molecule has 3 aliphatic heterocycles. The number of piperazine rings is 1. The van der Waals surface area contributed by atoms with Gasteiger partial charge < -0.3 is 10.0 Å². The molecule has 1 N–H and O–H groups in total. The second-order valence-electron chi connectivity index (χ2n) is 6.15. The number of rotatable bonds is 2. The van der Waals surface area contributed by atoms with Crippen LogP contribution in [-0.2, 0) is 0 Å². The van der Waals surface area contributed by atoms with Crippen molar-refractivity contribution in [2.45, 2.75) is 50.7 Å². The van der Waals surface area contributed by atoms with Crippen LogP contribution in [0, 0.1) is 0 Å². The van der Waals surface area contributed by atoms with Gasteiger partial charge in [0, 0.05) is 44.3 Å². The van der Waals surface area contributed by atoms with Gasteiger partial charge in [-0.2, -0.15) is 0 Å². The maximum absolute atomic E-state index is 10.9. The van der Waals surface area contributed by atoms with E-state index in [-0.39, 0.29) is 0 Å². The van der Waals surface area contributed by atoms with Crippen molar-refractivity contribution >= 4 is 6.09 Å². The van der Waals surface area contributed by atoms with Crippen LogP contribution in [0.15, 0.2) is 0 Å². The van der Waals surface area contributed by atoms with Crippen molar-refractivity contribution in [3.63, 3.8) is 0 Å². The first-order valence-corrected chi connectivity index (χ1v) is 7.66. The fourth-order valence-corrected chi connectivity index (χ4v) is 4.34. The summed E-state index contributed by atoms with van der Waals surface area (Å²) in [5, 5.41) is 9.00. The molecule has 5 nitrogen and oxygen atoms in total. The quantitative estimate of drug-likeness (QED) is 0.819. The van der Waals surface area contributed by atoms with E-state index in [1.165, 1.54) is 32.2 Å². The van der Waals surface area contributed by atoms with Crippen LogP contribution in [0.2, 0.25) is 0 Å². The third-order valence-electron chi connectivity index (χ3n) is 5.33. The van der Waals surface area contributed by atoms with Crippen molar-refractivity contribution in [3.8, 4) is 0 Å². The van der Waals surface area contributed by atoms with Crippen molar-refractivity contribution in [3.05, 3.63) is 0 Å². The van der Waals surface area contributed by atoms with Gasteiger partial charge in [-0.25, -0.2) is 4.79 Å². The lowest BCUT2D eigenvalue weighted by molar-refractivity contribution is 0.0332. The highest BCUT2D eigenvalue weighted by Crippen LogP contribution is 2.37. The van der Waals surface area contributed by atoms with Crippen molar-refractivity contribution < 1.29 is 9.90 Å². The zero-order valence-electron chi connectivity index (χ0n) is 11.8. The van der Waals surface area contributed by atoms with Gasteiger partial charge in [0.25, 0.3) is 0 Å². The Hall–Kier alpha value is -0.810. The second-order valence-corrected chi connectivity index (χ2v) is 6.15. The first kappa shape index (κ1) is 13.2. The SMILES string of the molecule is CCN1C2CCC1CC(N1CCN(C(=O)O)CC1)C2. The second kappa shape index (κ2) is 5.29. The summed E-state index contributed by atoms with van der Waals surface area (Å²) >= 11 is 0. The molecule has 0 spiro atoms. The zero-order chi connectivity index (χ0) is 13.4. The summed E-state index contributed by atoms with van der Waals surface area (Å²) < 4.78 is 0. The van der Waals surface area contributed by atoms with E-state index in [0.29, 0.717) is 19.1 Å². The van der Waals surface area contributed by atoms with E-state index in [1.54, 1.807) is 4.90 Å². The number of fused-ring (bicyclic) bond motifs is 2. The Bertz CT molecular complexity index is 328. The number of nitrogens with zero attached hydrogens (tertiary/aromatic N) is 3. The van der Waals surface area contributed by atoms with E-state index in [9.17, 15) is 4.79 Å². The van der Waals surface area contributed by atoms with Gasteiger partial charge in [0.15, 0.2) is 0 Å². The Morgan fingerprint density at radius 2 is 1.63 bits per heavy atom. The minimum atomic E-state index is -0.763. The highest BCUT2D eigenvalue weighted by Gasteiger charge is 2.41. The molecule has 5 heteroatoms. The van der Waals surface area contributed by atoms with E-state index in [4.69, 9.17) is 5.11 Å². The van der Waals surface area contributed by atoms with E-state index < -0.39 is 6.09 Å². The van der Waals surface area contributed by atoms with Gasteiger partial charge in [0.2, 0.25) is 0 Å². The lowest BCUT2D eigenvalue weighted by atomic mass is 9.95. The Balaban J connectivity index is 1.56. The summed E-state index contributed by atoms with van der Waals surface area (Å²) in [7, 11) is 0. The largest absolute Gasteiger partial charge is 0.465 e. The summed E-state index contributed by atoms with van der Waals surface area (Å²) in [4.78, 5) is 17.7. The molecule has 108 valence electrons. The molecule has 0 aliphatic carbocycles. The van der Waals surface area contributed by atoms with Crippen LogP contribution in [-0.4, -0.2) is 76.7 Å². The highest BCUT2D eigenvalue weighted by molar-refractivity contribution is 5.65. The van der Waals surface area contributed by atoms with Crippen LogP contribution in [0.25, 0.3) is 0 Å². The molecule has 0 aromatic carbocycles. The van der Waals surface area contributed by atoms with Gasteiger partial charge >= 0.3 is 6.09 Å². The van der Waals surface area contributed by atoms with E-state index in [2.05, 4.69) is 16.7 Å². The van der Waals surface area contributed by atoms with Crippen molar-refractivity contribution in [2.24, 2.45) is 0 Å². The fraction of sp³-hybridized carbons (Fsp3) is 0.929. The lowest BCUT2D eigenvalue weighted by Gasteiger charge is -2.45. The van der Waals surface area contributed by atoms with E-state index in [1.807, 2.05) is 0 Å². The first-order chi connectivity index (χ1) is 9.19. The summed E-state index contributed by atoms with van der Waals surface area (Å²) in [6, 6.07) is 2.26. The minimum Gasteiger partial charge on any atom is -0.465 e. The molecular formula is C14H25N3O2. The molecule has 2 bridgehead atoms. The average molecular weight is 267 g/mol. The topological polar surface area (TPSA) is 47.0 Å². The van der Waals surface area contributed by atoms with Crippen LogP contribution in [0.3, 0.4) is 0 Å². The normalized spacial score (nSPS) is 36.7. The molecule has 2 unspecified atom stereocenters. The van der Waals surface area contributed by atoms with Crippen LogP contribution < -0.4 is 0 Å². The predicted molar refractivity (Wildman–Crippen MR) is 73.4 cm³/mol. The molecule has 3 aliphatic rings. The number of hydrogen-bond acceptors (Lipinski definition) is 3. The standard InChI is InChI=1S/C14H25N3O2/c1-2-17-11-3-4-12(17)10-13(9-11)15-5-7-16(8-6-15)14(18)19/h11-13H,2-10H2,1H3,(H,18,19). The average Bonchev–Trinajstić information content (AvgIpc) is 2.67. The highest BCUT2D eigenvalue weighted by atomic mass is 16.4. The smallest absolute Gasteiger partial charge is 0.407 e. The van der Waals surface area contributed by atoms with Gasteiger partial charge in [-0.05, 0) is 32.2 Å². The van der Waals surface area contributed by atoms with Gasteiger partial charge in [0.1, 0.15) is 0 Å². The maximum Gasteiger partial charge on any atom is 0.407 e. The molecule has 0 aromatic heterocycles. The molecular weight excluding hydrogens is 242 g/mol. The fourth-order valence-electron chi connectivity index (χ4n) is 4.34. The lowest BCUT2D eigenvalue weighted by Crippen LogP contribution is -2.56. The molecule has 2 atom stereocenters. The molecule has 3 saturated heterocycles. The number of hydrogen-bond donors (Lipinski definition) is 1. The summed E-state index contributed by atoms with van der Waals surface area (Å²) in [5.74, 6) is 0. The maximum atomic E-state index is 10.9. The van der Waals surface area contributed by atoms with E-state index in [0.717, 1.165) is 25.2 Å². The number of carbonyl (C=O) groups is 1. The Kier molecular flexibility index (Phi) is 3.67. The van der Waals surface area contributed by atoms with Crippen LogP contribution in [0.1, 0.15) is 32.6 Å². The summed E-state index contributed by atoms with van der Waals surface area (Å²) in [5.41, 5.74) is 0. The zero-order valence-corrected chi connectivity index (χ0v) is 11.8. The molecule has 19 heavy (non-hydrogen) atoms. The van der Waals surface area contributed by atoms with Crippen molar-refractivity contribution in [2.75, 3.05) is 32.7 Å². The van der Waals surface area contributed by atoms with Gasteiger partial charge in [-0.1, -0.05) is 6.92 Å². The molecule has 0 saturated carbocycles. The van der Waals surface area contributed by atoms with E-state index >= 15 is 0 Å². The predicted octanol–water partition coefficient (Wildman–Crippen LogP) is 1.30. The van der Waals surface area contributed by atoms with Crippen molar-refractivity contribution in [1.29, 1.82) is 0 Å². The van der Waals surface area contributed by atoms with Crippen LogP contribution >= 0.6 is 0 Å². The Labute approximate surface area is 115 Å². The monoisotopic (exact) mass is 267 g/mol. The van der Waals surface area contributed by atoms with Crippen LogP contribution in [0.4, 0.5) is 4.79 Å². The molecule has 0 radical (unpaired) electrons. The van der Waals surface area contributed by atoms with Crippen molar-refractivity contribution in [1.82, 2.24) is 14.7 Å². The first-order valence-electron chi connectivity index (χ1n) is 7.66. The van der Waals surface area contributed by atoms with Gasteiger partial charge in [0.05, 0.1) is 0 Å². The van der Waals surface area contributed by atoms with Gasteiger partial charge in [-0.3, -0.25) is 9.80 Å². The summed E-state index contributed by atoms with van der Waals surface area (Å²) in [6.07, 6.45) is 4.55.